The van der Waals surface area contributed by atoms with E-state index in [0.717, 1.165) is 33.9 Å². The molecule has 0 atom stereocenters. The molecule has 34 heavy (non-hydrogen) atoms. The van der Waals surface area contributed by atoms with Crippen LogP contribution in [0.15, 0.2) is 78.9 Å². The first kappa shape index (κ1) is 21.9. The van der Waals surface area contributed by atoms with Crippen LogP contribution in [0, 0.1) is 0 Å². The normalized spacial score (nSPS) is 13.6. The molecule has 8 heteroatoms. The molecule has 0 radical (unpaired) electrons. The van der Waals surface area contributed by atoms with E-state index in [9.17, 15) is 9.59 Å². The third-order valence-corrected chi connectivity index (χ3v) is 6.92. The molecule has 0 aliphatic carbocycles. The zero-order valence-electron chi connectivity index (χ0n) is 18.6. The summed E-state index contributed by atoms with van der Waals surface area (Å²) in [5, 5.41) is 6.42. The first-order valence-electron chi connectivity index (χ1n) is 11.2. The van der Waals surface area contributed by atoms with Crippen molar-refractivity contribution in [2.75, 3.05) is 42.9 Å². The van der Waals surface area contributed by atoms with Crippen LogP contribution in [0.1, 0.15) is 0 Å². The van der Waals surface area contributed by atoms with Crippen molar-refractivity contribution in [1.82, 2.24) is 15.2 Å². The molecule has 2 heterocycles. The lowest BCUT2D eigenvalue weighted by Gasteiger charge is -2.36. The van der Waals surface area contributed by atoms with E-state index in [1.165, 1.54) is 5.69 Å². The number of aromatic nitrogens is 1. The van der Waals surface area contributed by atoms with E-state index in [2.05, 4.69) is 27.7 Å². The van der Waals surface area contributed by atoms with Gasteiger partial charge in [-0.25, -0.2) is 9.78 Å². The van der Waals surface area contributed by atoms with E-state index in [1.807, 2.05) is 66.7 Å². The number of benzene rings is 3. The van der Waals surface area contributed by atoms with Crippen LogP contribution in [0.2, 0.25) is 0 Å². The SMILES string of the molecule is O=C(NCC(=O)N1CCN(c2ccccc2)CC1)Nc1ccccc1-c1nc2ccccc2s1. The molecular formula is C26H25N5O2S. The van der Waals surface area contributed by atoms with Crippen LogP contribution in [0.25, 0.3) is 20.8 Å². The lowest BCUT2D eigenvalue weighted by Crippen LogP contribution is -2.51. The Kier molecular flexibility index (Phi) is 6.40. The summed E-state index contributed by atoms with van der Waals surface area (Å²) in [7, 11) is 0. The maximum absolute atomic E-state index is 12.6. The minimum atomic E-state index is -0.412. The Morgan fingerprint density at radius 3 is 2.35 bits per heavy atom. The van der Waals surface area contributed by atoms with Gasteiger partial charge in [-0.2, -0.15) is 0 Å². The van der Waals surface area contributed by atoms with Crippen molar-refractivity contribution in [1.29, 1.82) is 0 Å². The number of nitrogens with one attached hydrogen (secondary N) is 2. The number of rotatable bonds is 5. The molecule has 1 saturated heterocycles. The summed E-state index contributed by atoms with van der Waals surface area (Å²) >= 11 is 1.58. The molecule has 1 aromatic heterocycles. The van der Waals surface area contributed by atoms with Gasteiger partial charge in [-0.15, -0.1) is 11.3 Å². The van der Waals surface area contributed by atoms with E-state index < -0.39 is 6.03 Å². The fourth-order valence-electron chi connectivity index (χ4n) is 4.05. The Bertz CT molecular complexity index is 1270. The zero-order valence-corrected chi connectivity index (χ0v) is 19.4. The van der Waals surface area contributed by atoms with E-state index in [0.29, 0.717) is 18.8 Å². The number of para-hydroxylation sites is 3. The highest BCUT2D eigenvalue weighted by molar-refractivity contribution is 7.21. The summed E-state index contributed by atoms with van der Waals surface area (Å²) in [5.74, 6) is -0.0812. The summed E-state index contributed by atoms with van der Waals surface area (Å²) in [6.45, 7) is 2.78. The summed E-state index contributed by atoms with van der Waals surface area (Å²) in [6, 6.07) is 25.3. The smallest absolute Gasteiger partial charge is 0.319 e. The van der Waals surface area contributed by atoms with Gasteiger partial charge in [0.1, 0.15) is 5.01 Å². The van der Waals surface area contributed by atoms with Crippen LogP contribution in [-0.4, -0.2) is 54.5 Å². The predicted octanol–water partition coefficient (Wildman–Crippen LogP) is 4.43. The number of fused-ring (bicyclic) bond motifs is 1. The molecule has 7 nitrogen and oxygen atoms in total. The van der Waals surface area contributed by atoms with Crippen LogP contribution in [-0.2, 0) is 4.79 Å². The number of carbonyl (C=O) groups is 2. The second-order valence-electron chi connectivity index (χ2n) is 8.04. The van der Waals surface area contributed by atoms with Crippen LogP contribution >= 0.6 is 11.3 Å². The summed E-state index contributed by atoms with van der Waals surface area (Å²) in [4.78, 5) is 34.0. The summed E-state index contributed by atoms with van der Waals surface area (Å²) in [6.07, 6.45) is 0. The molecule has 172 valence electrons. The second kappa shape index (κ2) is 9.93. The van der Waals surface area contributed by atoms with Crippen LogP contribution in [0.4, 0.5) is 16.2 Å². The fraction of sp³-hybridized carbons (Fsp3) is 0.192. The highest BCUT2D eigenvalue weighted by Gasteiger charge is 2.21. The van der Waals surface area contributed by atoms with Gasteiger partial charge >= 0.3 is 6.03 Å². The van der Waals surface area contributed by atoms with Crippen molar-refractivity contribution < 1.29 is 9.59 Å². The van der Waals surface area contributed by atoms with E-state index in [4.69, 9.17) is 4.98 Å². The molecule has 0 unspecified atom stereocenters. The van der Waals surface area contributed by atoms with Crippen molar-refractivity contribution in [2.24, 2.45) is 0 Å². The van der Waals surface area contributed by atoms with Gasteiger partial charge < -0.3 is 20.4 Å². The molecule has 3 aromatic carbocycles. The average molecular weight is 472 g/mol. The van der Waals surface area contributed by atoms with Crippen molar-refractivity contribution in [2.45, 2.75) is 0 Å². The van der Waals surface area contributed by atoms with Gasteiger partial charge in [0.2, 0.25) is 5.91 Å². The van der Waals surface area contributed by atoms with Crippen molar-refractivity contribution in [3.63, 3.8) is 0 Å². The Balaban J connectivity index is 1.16. The van der Waals surface area contributed by atoms with Crippen molar-refractivity contribution in [3.05, 3.63) is 78.9 Å². The summed E-state index contributed by atoms with van der Waals surface area (Å²) < 4.78 is 1.09. The maximum Gasteiger partial charge on any atom is 0.319 e. The number of thiazole rings is 1. The Morgan fingerprint density at radius 1 is 0.853 bits per heavy atom. The monoisotopic (exact) mass is 471 g/mol. The molecule has 5 rings (SSSR count). The van der Waals surface area contributed by atoms with Crippen molar-refractivity contribution in [3.8, 4) is 10.6 Å². The van der Waals surface area contributed by atoms with Gasteiger partial charge in [0.15, 0.2) is 0 Å². The molecule has 2 N–H and O–H groups in total. The molecule has 3 amide bonds. The van der Waals surface area contributed by atoms with Gasteiger partial charge in [0.25, 0.3) is 0 Å². The number of hydrogen-bond acceptors (Lipinski definition) is 5. The fourth-order valence-corrected chi connectivity index (χ4v) is 5.06. The summed E-state index contributed by atoms with van der Waals surface area (Å²) in [5.41, 5.74) is 3.60. The molecule has 1 aliphatic rings. The minimum absolute atomic E-state index is 0.0412. The van der Waals surface area contributed by atoms with Gasteiger partial charge in [0, 0.05) is 37.4 Å². The molecule has 1 fully saturated rings. The van der Waals surface area contributed by atoms with E-state index in [1.54, 1.807) is 16.2 Å². The molecule has 0 bridgehead atoms. The Morgan fingerprint density at radius 2 is 1.56 bits per heavy atom. The highest BCUT2D eigenvalue weighted by atomic mass is 32.1. The minimum Gasteiger partial charge on any atom is -0.368 e. The van der Waals surface area contributed by atoms with Gasteiger partial charge in [-0.1, -0.05) is 42.5 Å². The number of anilines is 2. The van der Waals surface area contributed by atoms with Crippen LogP contribution in [0.5, 0.6) is 0 Å². The third-order valence-electron chi connectivity index (χ3n) is 5.85. The zero-order chi connectivity index (χ0) is 23.3. The van der Waals surface area contributed by atoms with Crippen LogP contribution in [0.3, 0.4) is 0 Å². The standard InChI is InChI=1S/C26H25N5O2S/c32-24(31-16-14-30(15-17-31)19-8-2-1-3-9-19)18-27-26(33)29-21-11-5-4-10-20(21)25-28-22-12-6-7-13-23(22)34-25/h1-13H,14-18H2,(H2,27,29,33). The third kappa shape index (κ3) is 4.87. The number of hydrogen-bond donors (Lipinski definition) is 2. The Hall–Kier alpha value is -3.91. The number of carbonyl (C=O) groups excluding carboxylic acids is 2. The number of nitrogens with zero attached hydrogens (tertiary/aromatic N) is 3. The van der Waals surface area contributed by atoms with Gasteiger partial charge in [-0.3, -0.25) is 4.79 Å². The maximum atomic E-state index is 12.6. The largest absolute Gasteiger partial charge is 0.368 e. The number of urea groups is 1. The second-order valence-corrected chi connectivity index (χ2v) is 9.07. The molecule has 1 aliphatic heterocycles. The number of piperazine rings is 1. The predicted molar refractivity (Wildman–Crippen MR) is 137 cm³/mol. The first-order valence-corrected chi connectivity index (χ1v) is 12.1. The lowest BCUT2D eigenvalue weighted by molar-refractivity contribution is -0.130. The average Bonchev–Trinajstić information content (AvgIpc) is 3.32. The number of amides is 3. The van der Waals surface area contributed by atoms with Crippen LogP contribution < -0.4 is 15.5 Å². The van der Waals surface area contributed by atoms with E-state index in [-0.39, 0.29) is 12.5 Å². The first-order chi connectivity index (χ1) is 16.7. The molecule has 0 saturated carbocycles. The highest BCUT2D eigenvalue weighted by Crippen LogP contribution is 2.34. The molecule has 4 aromatic rings. The quantitative estimate of drug-likeness (QED) is 0.451. The Labute approximate surface area is 202 Å². The van der Waals surface area contributed by atoms with E-state index >= 15 is 0 Å². The topological polar surface area (TPSA) is 77.6 Å². The van der Waals surface area contributed by atoms with Crippen molar-refractivity contribution >= 4 is 44.9 Å². The van der Waals surface area contributed by atoms with Gasteiger partial charge in [0.05, 0.1) is 22.4 Å². The molecule has 0 spiro atoms. The van der Waals surface area contributed by atoms with Gasteiger partial charge in [-0.05, 0) is 36.4 Å². The molecular weight excluding hydrogens is 446 g/mol. The lowest BCUT2D eigenvalue weighted by atomic mass is 10.2.